The van der Waals surface area contributed by atoms with Gasteiger partial charge in [0.05, 0.1) is 33.3 Å². The molecule has 1 N–H and O–H groups in total. The predicted molar refractivity (Wildman–Crippen MR) is 111 cm³/mol. The van der Waals surface area contributed by atoms with Crippen molar-refractivity contribution in [3.63, 3.8) is 0 Å². The van der Waals surface area contributed by atoms with E-state index in [4.69, 9.17) is 14.2 Å². The highest BCUT2D eigenvalue weighted by Crippen LogP contribution is 2.38. The van der Waals surface area contributed by atoms with E-state index in [1.54, 1.807) is 24.3 Å². The minimum Gasteiger partial charge on any atom is -0.493 e. The highest BCUT2D eigenvalue weighted by Gasteiger charge is 2.24. The number of hydrogen-bond acceptors (Lipinski definition) is 6. The fourth-order valence-electron chi connectivity index (χ4n) is 3.38. The number of carbonyl (C=O) groups excluding carboxylic acids is 1. The van der Waals surface area contributed by atoms with Crippen LogP contribution in [0.1, 0.15) is 22.3 Å². The lowest BCUT2D eigenvalue weighted by Gasteiger charge is -2.29. The van der Waals surface area contributed by atoms with Gasteiger partial charge in [-0.2, -0.15) is 0 Å². The minimum atomic E-state index is -3.39. The van der Waals surface area contributed by atoms with Gasteiger partial charge in [0, 0.05) is 17.8 Å². The molecule has 8 nitrogen and oxygen atoms in total. The van der Waals surface area contributed by atoms with Crippen molar-refractivity contribution in [2.45, 2.75) is 12.8 Å². The summed E-state index contributed by atoms with van der Waals surface area (Å²) in [5, 5.41) is 2.81. The summed E-state index contributed by atoms with van der Waals surface area (Å²) in [6.07, 6.45) is 2.74. The number of benzene rings is 2. The molecule has 0 spiro atoms. The summed E-state index contributed by atoms with van der Waals surface area (Å²) in [6.45, 7) is 0.427. The van der Waals surface area contributed by atoms with Crippen molar-refractivity contribution in [3.05, 3.63) is 41.5 Å². The third-order valence-corrected chi connectivity index (χ3v) is 5.93. The zero-order chi connectivity index (χ0) is 21.2. The molecular weight excluding hydrogens is 396 g/mol. The van der Waals surface area contributed by atoms with Gasteiger partial charge in [-0.1, -0.05) is 6.07 Å². The third-order valence-electron chi connectivity index (χ3n) is 4.75. The van der Waals surface area contributed by atoms with Crippen molar-refractivity contribution < 1.29 is 27.4 Å². The number of nitrogens with zero attached hydrogens (tertiary/aromatic N) is 1. The minimum absolute atomic E-state index is 0.317. The van der Waals surface area contributed by atoms with Crippen LogP contribution in [0.15, 0.2) is 30.3 Å². The summed E-state index contributed by atoms with van der Waals surface area (Å²) in [5.41, 5.74) is 2.35. The Bertz CT molecular complexity index is 1010. The summed E-state index contributed by atoms with van der Waals surface area (Å²) in [6, 6.07) is 8.40. The van der Waals surface area contributed by atoms with Crippen LogP contribution in [-0.2, 0) is 16.4 Å². The fraction of sp³-hybridized carbons (Fsp3) is 0.350. The van der Waals surface area contributed by atoms with E-state index < -0.39 is 10.0 Å². The number of nitrogens with one attached hydrogen (secondary N) is 1. The van der Waals surface area contributed by atoms with E-state index in [0.29, 0.717) is 40.7 Å². The topological polar surface area (TPSA) is 94.2 Å². The zero-order valence-corrected chi connectivity index (χ0v) is 17.6. The second-order valence-corrected chi connectivity index (χ2v) is 8.56. The van der Waals surface area contributed by atoms with Crippen LogP contribution in [0.2, 0.25) is 0 Å². The maximum atomic E-state index is 12.8. The molecule has 0 aromatic heterocycles. The number of rotatable bonds is 6. The standard InChI is InChI=1S/C20H24N2O6S/c1-26-17-10-14(11-18(27-2)19(17)28-3)20(23)21-15-8-7-13-6-5-9-22(16(13)12-15)29(4,24)25/h7-8,10-12H,5-6,9H2,1-4H3,(H,21,23). The van der Waals surface area contributed by atoms with Gasteiger partial charge in [0.2, 0.25) is 15.8 Å². The summed E-state index contributed by atoms with van der Waals surface area (Å²) < 4.78 is 41.4. The maximum absolute atomic E-state index is 12.8. The van der Waals surface area contributed by atoms with Crippen LogP contribution in [-0.4, -0.2) is 48.5 Å². The van der Waals surface area contributed by atoms with Gasteiger partial charge >= 0.3 is 0 Å². The van der Waals surface area contributed by atoms with E-state index >= 15 is 0 Å². The van der Waals surface area contributed by atoms with E-state index in [9.17, 15) is 13.2 Å². The van der Waals surface area contributed by atoms with Gasteiger partial charge in [0.1, 0.15) is 0 Å². The maximum Gasteiger partial charge on any atom is 0.255 e. The highest BCUT2D eigenvalue weighted by molar-refractivity contribution is 7.92. The highest BCUT2D eigenvalue weighted by atomic mass is 32.2. The molecule has 2 aromatic rings. The zero-order valence-electron chi connectivity index (χ0n) is 16.8. The summed E-state index contributed by atoms with van der Waals surface area (Å²) in [7, 11) is 1.05. The molecule has 1 heterocycles. The smallest absolute Gasteiger partial charge is 0.255 e. The molecule has 29 heavy (non-hydrogen) atoms. The first-order valence-corrected chi connectivity index (χ1v) is 10.8. The van der Waals surface area contributed by atoms with Gasteiger partial charge in [0.15, 0.2) is 11.5 Å². The van der Waals surface area contributed by atoms with Crippen LogP contribution < -0.4 is 23.8 Å². The van der Waals surface area contributed by atoms with Gasteiger partial charge in [-0.15, -0.1) is 0 Å². The Morgan fingerprint density at radius 2 is 1.69 bits per heavy atom. The van der Waals surface area contributed by atoms with E-state index in [-0.39, 0.29) is 5.91 Å². The van der Waals surface area contributed by atoms with Crippen LogP contribution in [0.4, 0.5) is 11.4 Å². The molecule has 1 amide bonds. The molecule has 2 aromatic carbocycles. The Hall–Kier alpha value is -2.94. The van der Waals surface area contributed by atoms with Crippen molar-refractivity contribution in [1.29, 1.82) is 0 Å². The number of anilines is 2. The van der Waals surface area contributed by atoms with Crippen molar-refractivity contribution in [1.82, 2.24) is 0 Å². The van der Waals surface area contributed by atoms with Gasteiger partial charge in [-0.25, -0.2) is 8.42 Å². The van der Waals surface area contributed by atoms with E-state index in [0.717, 1.165) is 18.4 Å². The van der Waals surface area contributed by atoms with E-state index in [1.165, 1.54) is 31.9 Å². The Balaban J connectivity index is 1.92. The molecule has 1 aliphatic rings. The van der Waals surface area contributed by atoms with Crippen molar-refractivity contribution in [3.8, 4) is 17.2 Å². The lowest BCUT2D eigenvalue weighted by molar-refractivity contribution is 0.102. The van der Waals surface area contributed by atoms with Crippen LogP contribution >= 0.6 is 0 Å². The van der Waals surface area contributed by atoms with Gasteiger partial charge in [-0.3, -0.25) is 9.10 Å². The van der Waals surface area contributed by atoms with Gasteiger partial charge < -0.3 is 19.5 Å². The Labute approximate surface area is 170 Å². The predicted octanol–water partition coefficient (Wildman–Crippen LogP) is 2.68. The molecule has 0 unspecified atom stereocenters. The van der Waals surface area contributed by atoms with E-state index in [2.05, 4.69) is 5.32 Å². The fourth-order valence-corrected chi connectivity index (χ4v) is 4.37. The number of amides is 1. The third kappa shape index (κ3) is 4.24. The molecule has 3 rings (SSSR count). The SMILES string of the molecule is COc1cc(C(=O)Nc2ccc3c(c2)N(S(C)(=O)=O)CCC3)cc(OC)c1OC. The first-order chi connectivity index (χ1) is 13.8. The lowest BCUT2D eigenvalue weighted by atomic mass is 10.0. The molecule has 0 bridgehead atoms. The average molecular weight is 420 g/mol. The molecule has 0 fully saturated rings. The first kappa shape index (κ1) is 20.8. The van der Waals surface area contributed by atoms with Crippen LogP contribution in [0.5, 0.6) is 17.2 Å². The average Bonchev–Trinajstić information content (AvgIpc) is 2.71. The molecule has 156 valence electrons. The van der Waals surface area contributed by atoms with Crippen LogP contribution in [0.3, 0.4) is 0 Å². The molecule has 0 atom stereocenters. The number of aryl methyl sites for hydroxylation is 1. The molecule has 1 aliphatic heterocycles. The van der Waals surface area contributed by atoms with Crippen molar-refractivity contribution >= 4 is 27.3 Å². The quantitative estimate of drug-likeness (QED) is 0.772. The second-order valence-electron chi connectivity index (χ2n) is 6.65. The number of methoxy groups -OCH3 is 3. The first-order valence-electron chi connectivity index (χ1n) is 9.00. The monoisotopic (exact) mass is 420 g/mol. The second kappa shape index (κ2) is 8.20. The molecule has 0 radical (unpaired) electrons. The summed E-state index contributed by atoms with van der Waals surface area (Å²) in [5.74, 6) is 0.742. The Morgan fingerprint density at radius 3 is 2.24 bits per heavy atom. The Morgan fingerprint density at radius 1 is 1.03 bits per heavy atom. The molecule has 0 aliphatic carbocycles. The summed E-state index contributed by atoms with van der Waals surface area (Å²) in [4.78, 5) is 12.8. The molecule has 9 heteroatoms. The van der Waals surface area contributed by atoms with Crippen LogP contribution in [0.25, 0.3) is 0 Å². The normalized spacial score (nSPS) is 13.4. The van der Waals surface area contributed by atoms with Crippen molar-refractivity contribution in [2.24, 2.45) is 0 Å². The van der Waals surface area contributed by atoms with Gasteiger partial charge in [0.25, 0.3) is 5.91 Å². The van der Waals surface area contributed by atoms with Crippen molar-refractivity contribution in [2.75, 3.05) is 43.8 Å². The van der Waals surface area contributed by atoms with Crippen LogP contribution in [0, 0.1) is 0 Å². The summed E-state index contributed by atoms with van der Waals surface area (Å²) >= 11 is 0. The molecule has 0 saturated carbocycles. The lowest BCUT2D eigenvalue weighted by Crippen LogP contribution is -2.34. The van der Waals surface area contributed by atoms with E-state index in [1.807, 2.05) is 6.07 Å². The van der Waals surface area contributed by atoms with Gasteiger partial charge in [-0.05, 0) is 42.7 Å². The largest absolute Gasteiger partial charge is 0.493 e. The number of ether oxygens (including phenoxy) is 3. The number of carbonyl (C=O) groups is 1. The molecule has 0 saturated heterocycles. The number of hydrogen-bond donors (Lipinski definition) is 1. The molecular formula is C20H24N2O6S. The number of fused-ring (bicyclic) bond motifs is 1. The number of sulfonamides is 1. The Kier molecular flexibility index (Phi) is 5.88.